The number of alkyl carbamates (subject to hydrolysis) is 1. The molecule has 1 aromatic rings. The Morgan fingerprint density at radius 2 is 1.68 bits per heavy atom. The van der Waals surface area contributed by atoms with Crippen molar-refractivity contribution >= 4 is 16.3 Å². The number of ether oxygens (including phenoxy) is 1. The second-order valence-electron chi connectivity index (χ2n) is 5.00. The van der Waals surface area contributed by atoms with Crippen LogP contribution in [0.3, 0.4) is 0 Å². The lowest BCUT2D eigenvalue weighted by atomic mass is 10.1. The predicted molar refractivity (Wildman–Crippen MR) is 82.6 cm³/mol. The minimum atomic E-state index is -4.34. The van der Waals surface area contributed by atoms with Crippen LogP contribution in [-0.2, 0) is 21.6 Å². The van der Waals surface area contributed by atoms with Crippen molar-refractivity contribution in [3.8, 4) is 0 Å². The topological polar surface area (TPSA) is 72.5 Å². The van der Waals surface area contributed by atoms with Gasteiger partial charge in [0.2, 0.25) is 0 Å². The molecule has 7 heteroatoms. The van der Waals surface area contributed by atoms with Gasteiger partial charge in [0.25, 0.3) is 0 Å². The molecule has 0 spiro atoms. The highest BCUT2D eigenvalue weighted by molar-refractivity contribution is 7.86. The van der Waals surface area contributed by atoms with Gasteiger partial charge in [0.05, 0.1) is 5.75 Å². The zero-order chi connectivity index (χ0) is 16.3. The van der Waals surface area contributed by atoms with E-state index < -0.39 is 22.1 Å². The van der Waals surface area contributed by atoms with E-state index in [1.165, 1.54) is 0 Å². The summed E-state index contributed by atoms with van der Waals surface area (Å²) in [4.78, 5) is 11.4. The number of hydrogen-bond donors (Lipinski definition) is 1. The first-order valence-electron chi connectivity index (χ1n) is 7.34. The van der Waals surface area contributed by atoms with E-state index in [9.17, 15) is 17.1 Å². The van der Waals surface area contributed by atoms with Crippen molar-refractivity contribution in [1.29, 1.82) is 0 Å². The molecule has 5 nitrogen and oxygen atoms in total. The molecule has 0 aliphatic rings. The van der Waals surface area contributed by atoms with Crippen LogP contribution in [-0.4, -0.2) is 26.8 Å². The van der Waals surface area contributed by atoms with Gasteiger partial charge >= 0.3 is 16.3 Å². The Kier molecular flexibility index (Phi) is 8.50. The highest BCUT2D eigenvalue weighted by Crippen LogP contribution is 2.05. The van der Waals surface area contributed by atoms with Gasteiger partial charge in [0, 0.05) is 6.54 Å². The second-order valence-corrected chi connectivity index (χ2v) is 6.49. The minimum Gasteiger partial charge on any atom is -0.445 e. The van der Waals surface area contributed by atoms with Crippen molar-refractivity contribution < 1.29 is 21.8 Å². The van der Waals surface area contributed by atoms with Crippen LogP contribution in [0.25, 0.3) is 0 Å². The van der Waals surface area contributed by atoms with E-state index in [1.54, 1.807) is 0 Å². The van der Waals surface area contributed by atoms with Crippen molar-refractivity contribution in [2.75, 3.05) is 12.3 Å². The van der Waals surface area contributed by atoms with Crippen LogP contribution in [0.4, 0.5) is 8.68 Å². The van der Waals surface area contributed by atoms with Crippen LogP contribution in [0.15, 0.2) is 30.3 Å². The Bertz CT molecular complexity index is 534. The van der Waals surface area contributed by atoms with Crippen molar-refractivity contribution in [2.45, 2.75) is 38.7 Å². The third-order valence-electron chi connectivity index (χ3n) is 3.05. The molecule has 0 aliphatic carbocycles. The Balaban J connectivity index is 1.95. The summed E-state index contributed by atoms with van der Waals surface area (Å²) in [5, 5.41) is 2.65. The first-order valence-corrected chi connectivity index (χ1v) is 8.89. The molecule has 22 heavy (non-hydrogen) atoms. The van der Waals surface area contributed by atoms with E-state index in [2.05, 4.69) is 5.32 Å². The number of unbranched alkanes of at least 4 members (excludes halogenated alkanes) is 4. The first-order chi connectivity index (χ1) is 10.5. The summed E-state index contributed by atoms with van der Waals surface area (Å²) < 4.78 is 37.8. The van der Waals surface area contributed by atoms with Crippen LogP contribution in [0, 0.1) is 0 Å². The maximum atomic E-state index is 12.2. The fourth-order valence-corrected chi connectivity index (χ4v) is 2.44. The number of amides is 1. The summed E-state index contributed by atoms with van der Waals surface area (Å²) in [6.07, 6.45) is 3.00. The fraction of sp³-hybridized carbons (Fsp3) is 0.533. The zero-order valence-electron chi connectivity index (χ0n) is 12.5. The number of carbonyl (C=O) groups is 1. The van der Waals surface area contributed by atoms with Gasteiger partial charge in [-0.05, 0) is 18.4 Å². The van der Waals surface area contributed by atoms with Crippen molar-refractivity contribution in [1.82, 2.24) is 5.32 Å². The van der Waals surface area contributed by atoms with Crippen molar-refractivity contribution in [3.05, 3.63) is 35.9 Å². The van der Waals surface area contributed by atoms with Crippen LogP contribution in [0.1, 0.15) is 37.7 Å². The minimum absolute atomic E-state index is 0.240. The van der Waals surface area contributed by atoms with E-state index in [-0.39, 0.29) is 6.61 Å². The van der Waals surface area contributed by atoms with Crippen LogP contribution >= 0.6 is 0 Å². The molecular formula is C15H22FNO4S. The SMILES string of the molecule is O=C(NCCCCCCCS(=O)(=O)F)OCc1ccccc1. The van der Waals surface area contributed by atoms with Gasteiger partial charge in [0.15, 0.2) is 0 Å². The average Bonchev–Trinajstić information content (AvgIpc) is 2.48. The van der Waals surface area contributed by atoms with Crippen LogP contribution < -0.4 is 5.32 Å². The lowest BCUT2D eigenvalue weighted by Crippen LogP contribution is -2.25. The lowest BCUT2D eigenvalue weighted by molar-refractivity contribution is 0.139. The monoisotopic (exact) mass is 331 g/mol. The summed E-state index contributed by atoms with van der Waals surface area (Å²) in [6, 6.07) is 9.41. The van der Waals surface area contributed by atoms with Crippen molar-refractivity contribution in [2.24, 2.45) is 0 Å². The fourth-order valence-electron chi connectivity index (χ4n) is 1.89. The molecule has 0 atom stereocenters. The number of hydrogen-bond acceptors (Lipinski definition) is 4. The van der Waals surface area contributed by atoms with Gasteiger partial charge in [-0.25, -0.2) is 4.79 Å². The van der Waals surface area contributed by atoms with E-state index in [0.717, 1.165) is 24.8 Å². The molecule has 1 N–H and O–H groups in total. The highest BCUT2D eigenvalue weighted by atomic mass is 32.3. The van der Waals surface area contributed by atoms with Gasteiger partial charge in [-0.2, -0.15) is 8.42 Å². The van der Waals surface area contributed by atoms with Crippen molar-refractivity contribution in [3.63, 3.8) is 0 Å². The van der Waals surface area contributed by atoms with E-state index in [1.807, 2.05) is 30.3 Å². The van der Waals surface area contributed by atoms with Gasteiger partial charge in [-0.15, -0.1) is 3.89 Å². The summed E-state index contributed by atoms with van der Waals surface area (Å²) in [6.45, 7) is 0.749. The third kappa shape index (κ3) is 10.1. The summed E-state index contributed by atoms with van der Waals surface area (Å²) >= 11 is 0. The second kappa shape index (κ2) is 10.2. The average molecular weight is 331 g/mol. The van der Waals surface area contributed by atoms with E-state index in [0.29, 0.717) is 19.4 Å². The standard InChI is InChI=1S/C15H22FNO4S/c16-22(19,20)12-8-3-1-2-7-11-17-15(18)21-13-14-9-5-4-6-10-14/h4-6,9-10H,1-3,7-8,11-13H2,(H,17,18). The maximum absolute atomic E-state index is 12.2. The molecule has 0 aromatic heterocycles. The number of rotatable bonds is 10. The molecule has 0 radical (unpaired) electrons. The largest absolute Gasteiger partial charge is 0.445 e. The molecule has 0 bridgehead atoms. The smallest absolute Gasteiger partial charge is 0.407 e. The Labute approximate surface area is 131 Å². The van der Waals surface area contributed by atoms with Crippen LogP contribution in [0.2, 0.25) is 0 Å². The summed E-state index contributed by atoms with van der Waals surface area (Å²) in [7, 11) is -4.34. The van der Waals surface area contributed by atoms with Gasteiger partial charge in [0.1, 0.15) is 6.61 Å². The predicted octanol–water partition coefficient (Wildman–Crippen LogP) is 3.16. The molecule has 1 aromatic carbocycles. The quantitative estimate of drug-likeness (QED) is 0.528. The number of halogens is 1. The molecule has 0 aliphatic heterocycles. The van der Waals surface area contributed by atoms with E-state index >= 15 is 0 Å². The molecule has 0 fully saturated rings. The molecule has 0 heterocycles. The van der Waals surface area contributed by atoms with Gasteiger partial charge in [-0.1, -0.05) is 49.6 Å². The number of benzene rings is 1. The molecule has 124 valence electrons. The highest BCUT2D eigenvalue weighted by Gasteiger charge is 2.05. The molecule has 1 rings (SSSR count). The third-order valence-corrected chi connectivity index (χ3v) is 3.82. The molecule has 0 saturated heterocycles. The molecule has 0 saturated carbocycles. The van der Waals surface area contributed by atoms with Gasteiger partial charge in [-0.3, -0.25) is 0 Å². The summed E-state index contributed by atoms with van der Waals surface area (Å²) in [5.41, 5.74) is 0.931. The Hall–Kier alpha value is -1.63. The Morgan fingerprint density at radius 1 is 1.05 bits per heavy atom. The first kappa shape index (κ1) is 18.4. The molecule has 0 unspecified atom stereocenters. The molecular weight excluding hydrogens is 309 g/mol. The van der Waals surface area contributed by atoms with Crippen LogP contribution in [0.5, 0.6) is 0 Å². The number of nitrogens with one attached hydrogen (secondary N) is 1. The molecule has 1 amide bonds. The normalized spacial score (nSPS) is 11.1. The maximum Gasteiger partial charge on any atom is 0.407 e. The Morgan fingerprint density at radius 3 is 2.36 bits per heavy atom. The number of carbonyl (C=O) groups excluding carboxylic acids is 1. The van der Waals surface area contributed by atoms with E-state index in [4.69, 9.17) is 4.74 Å². The zero-order valence-corrected chi connectivity index (χ0v) is 13.3. The lowest BCUT2D eigenvalue weighted by Gasteiger charge is -2.07. The summed E-state index contributed by atoms with van der Waals surface area (Å²) in [5.74, 6) is -0.406. The van der Waals surface area contributed by atoms with Gasteiger partial charge < -0.3 is 10.1 Å².